The Morgan fingerprint density at radius 3 is 2.72 bits per heavy atom. The van der Waals surface area contributed by atoms with E-state index in [0.717, 1.165) is 13.0 Å². The topological polar surface area (TPSA) is 62.3 Å². The lowest BCUT2D eigenvalue weighted by molar-refractivity contribution is -0.128. The molecule has 1 heterocycles. The highest BCUT2D eigenvalue weighted by atomic mass is 16.2. The molecular weight excluding hydrogens is 230 g/mol. The largest absolute Gasteiger partial charge is 0.350 e. The minimum Gasteiger partial charge on any atom is -0.350 e. The van der Waals surface area contributed by atoms with E-state index in [1.54, 1.807) is 30.2 Å². The van der Waals surface area contributed by atoms with Crippen LogP contribution in [0.3, 0.4) is 0 Å². The van der Waals surface area contributed by atoms with Gasteiger partial charge in [-0.15, -0.1) is 0 Å². The molecule has 0 aromatic carbocycles. The van der Waals surface area contributed by atoms with E-state index in [1.165, 1.54) is 6.20 Å². The number of aromatic nitrogens is 1. The average molecular weight is 249 g/mol. The zero-order valence-electron chi connectivity index (χ0n) is 10.8. The molecular formula is C13H19N3O2. The lowest BCUT2D eigenvalue weighted by Crippen LogP contribution is -2.37. The van der Waals surface area contributed by atoms with E-state index in [1.807, 2.05) is 6.92 Å². The van der Waals surface area contributed by atoms with Gasteiger partial charge in [0.15, 0.2) is 0 Å². The van der Waals surface area contributed by atoms with Crippen LogP contribution in [0.2, 0.25) is 0 Å². The van der Waals surface area contributed by atoms with Crippen LogP contribution >= 0.6 is 0 Å². The Hall–Kier alpha value is -1.91. The molecule has 2 amide bonds. The van der Waals surface area contributed by atoms with Crippen molar-refractivity contribution in [2.75, 3.05) is 19.6 Å². The summed E-state index contributed by atoms with van der Waals surface area (Å²) in [4.78, 5) is 28.6. The zero-order valence-corrected chi connectivity index (χ0v) is 10.8. The van der Waals surface area contributed by atoms with Crippen molar-refractivity contribution in [3.8, 4) is 0 Å². The Morgan fingerprint density at radius 2 is 2.17 bits per heavy atom. The minimum atomic E-state index is -0.164. The first-order chi connectivity index (χ1) is 8.65. The number of rotatable bonds is 6. The van der Waals surface area contributed by atoms with Gasteiger partial charge in [0.05, 0.1) is 5.56 Å². The summed E-state index contributed by atoms with van der Waals surface area (Å²) in [6.07, 6.45) is 4.05. The maximum atomic E-state index is 11.7. The van der Waals surface area contributed by atoms with Crippen LogP contribution in [0.4, 0.5) is 0 Å². The third-order valence-electron chi connectivity index (χ3n) is 2.53. The molecule has 1 N–H and O–H groups in total. The van der Waals surface area contributed by atoms with Crippen LogP contribution in [0, 0.1) is 0 Å². The molecule has 0 unspecified atom stereocenters. The van der Waals surface area contributed by atoms with Gasteiger partial charge < -0.3 is 10.2 Å². The predicted molar refractivity (Wildman–Crippen MR) is 69.1 cm³/mol. The number of amides is 2. The van der Waals surface area contributed by atoms with E-state index in [9.17, 15) is 9.59 Å². The van der Waals surface area contributed by atoms with Gasteiger partial charge in [0, 0.05) is 39.0 Å². The first-order valence-electron chi connectivity index (χ1n) is 6.09. The molecule has 0 aliphatic rings. The van der Waals surface area contributed by atoms with E-state index < -0.39 is 0 Å². The predicted octanol–water partition coefficient (Wildman–Crippen LogP) is 1.07. The van der Waals surface area contributed by atoms with Crippen LogP contribution < -0.4 is 5.32 Å². The van der Waals surface area contributed by atoms with Gasteiger partial charge in [-0.1, -0.05) is 6.92 Å². The molecule has 1 aromatic heterocycles. The summed E-state index contributed by atoms with van der Waals surface area (Å²) in [5, 5.41) is 2.77. The fourth-order valence-corrected chi connectivity index (χ4v) is 1.60. The first-order valence-corrected chi connectivity index (χ1v) is 6.09. The Labute approximate surface area is 107 Å². The van der Waals surface area contributed by atoms with Gasteiger partial charge in [-0.25, -0.2) is 0 Å². The van der Waals surface area contributed by atoms with E-state index >= 15 is 0 Å². The molecule has 0 fully saturated rings. The van der Waals surface area contributed by atoms with Crippen LogP contribution in [0.25, 0.3) is 0 Å². The summed E-state index contributed by atoms with van der Waals surface area (Å²) < 4.78 is 0. The van der Waals surface area contributed by atoms with Crippen molar-refractivity contribution in [3.05, 3.63) is 30.1 Å². The van der Waals surface area contributed by atoms with Gasteiger partial charge in [-0.2, -0.15) is 0 Å². The highest BCUT2D eigenvalue weighted by Gasteiger charge is 2.08. The molecule has 0 atom stereocenters. The maximum absolute atomic E-state index is 11.7. The van der Waals surface area contributed by atoms with Crippen LogP contribution in [-0.2, 0) is 4.79 Å². The van der Waals surface area contributed by atoms with Gasteiger partial charge in [-0.3, -0.25) is 14.6 Å². The van der Waals surface area contributed by atoms with Crippen molar-refractivity contribution in [2.45, 2.75) is 20.3 Å². The minimum absolute atomic E-state index is 0.0347. The molecule has 0 radical (unpaired) electrons. The quantitative estimate of drug-likeness (QED) is 0.820. The summed E-state index contributed by atoms with van der Waals surface area (Å²) >= 11 is 0. The third-order valence-corrected chi connectivity index (χ3v) is 2.53. The third kappa shape index (κ3) is 4.53. The van der Waals surface area contributed by atoms with Crippen molar-refractivity contribution >= 4 is 11.8 Å². The maximum Gasteiger partial charge on any atom is 0.252 e. The second-order valence-corrected chi connectivity index (χ2v) is 4.00. The number of carbonyl (C=O) groups excluding carboxylic acids is 2. The van der Waals surface area contributed by atoms with Crippen molar-refractivity contribution in [3.63, 3.8) is 0 Å². The number of nitrogens with zero attached hydrogens (tertiary/aromatic N) is 2. The van der Waals surface area contributed by atoms with Crippen molar-refractivity contribution in [2.24, 2.45) is 0 Å². The smallest absolute Gasteiger partial charge is 0.252 e. The van der Waals surface area contributed by atoms with E-state index in [4.69, 9.17) is 0 Å². The fraction of sp³-hybridized carbons (Fsp3) is 0.462. The summed E-state index contributed by atoms with van der Waals surface area (Å²) in [5.74, 6) is -0.129. The van der Waals surface area contributed by atoms with E-state index in [-0.39, 0.29) is 11.8 Å². The molecule has 0 spiro atoms. The summed E-state index contributed by atoms with van der Waals surface area (Å²) in [6, 6.07) is 3.42. The molecule has 18 heavy (non-hydrogen) atoms. The highest BCUT2D eigenvalue weighted by molar-refractivity contribution is 5.93. The van der Waals surface area contributed by atoms with Gasteiger partial charge in [0.2, 0.25) is 5.91 Å². The summed E-state index contributed by atoms with van der Waals surface area (Å²) in [6.45, 7) is 5.27. The number of carbonyl (C=O) groups is 2. The molecule has 0 saturated heterocycles. The van der Waals surface area contributed by atoms with E-state index in [0.29, 0.717) is 18.7 Å². The monoisotopic (exact) mass is 249 g/mol. The Bertz CT molecular complexity index is 392. The summed E-state index contributed by atoms with van der Waals surface area (Å²) in [5.41, 5.74) is 0.530. The standard InChI is InChI=1S/C13H19N3O2/c1-3-8-16(11(2)17)9-7-15-13(18)12-5-4-6-14-10-12/h4-6,10H,3,7-9H2,1-2H3,(H,15,18). The number of pyridine rings is 1. The zero-order chi connectivity index (χ0) is 13.4. The molecule has 98 valence electrons. The molecule has 1 aromatic rings. The highest BCUT2D eigenvalue weighted by Crippen LogP contribution is 1.95. The molecule has 0 saturated carbocycles. The second kappa shape index (κ2) is 7.42. The molecule has 1 rings (SSSR count). The van der Waals surface area contributed by atoms with Gasteiger partial charge >= 0.3 is 0 Å². The molecule has 0 bridgehead atoms. The van der Waals surface area contributed by atoms with Crippen molar-refractivity contribution < 1.29 is 9.59 Å². The first kappa shape index (κ1) is 14.2. The molecule has 0 aliphatic heterocycles. The fourth-order valence-electron chi connectivity index (χ4n) is 1.60. The van der Waals surface area contributed by atoms with Gasteiger partial charge in [-0.05, 0) is 18.6 Å². The van der Waals surface area contributed by atoms with Crippen LogP contribution in [-0.4, -0.2) is 41.3 Å². The van der Waals surface area contributed by atoms with Crippen LogP contribution in [0.1, 0.15) is 30.6 Å². The van der Waals surface area contributed by atoms with Gasteiger partial charge in [0.25, 0.3) is 5.91 Å². The lowest BCUT2D eigenvalue weighted by atomic mass is 10.3. The Kier molecular flexibility index (Phi) is 5.84. The molecule has 0 aliphatic carbocycles. The lowest BCUT2D eigenvalue weighted by Gasteiger charge is -2.20. The van der Waals surface area contributed by atoms with Crippen LogP contribution in [0.5, 0.6) is 0 Å². The molecule has 5 heteroatoms. The Morgan fingerprint density at radius 1 is 1.39 bits per heavy atom. The van der Waals surface area contributed by atoms with Crippen molar-refractivity contribution in [1.29, 1.82) is 0 Å². The Balaban J connectivity index is 2.37. The van der Waals surface area contributed by atoms with Gasteiger partial charge in [0.1, 0.15) is 0 Å². The number of hydrogen-bond acceptors (Lipinski definition) is 3. The van der Waals surface area contributed by atoms with E-state index in [2.05, 4.69) is 10.3 Å². The SMILES string of the molecule is CCCN(CCNC(=O)c1cccnc1)C(C)=O. The number of nitrogens with one attached hydrogen (secondary N) is 1. The van der Waals surface area contributed by atoms with Crippen LogP contribution in [0.15, 0.2) is 24.5 Å². The normalized spacial score (nSPS) is 9.89. The number of hydrogen-bond donors (Lipinski definition) is 1. The second-order valence-electron chi connectivity index (χ2n) is 4.00. The van der Waals surface area contributed by atoms with Crippen molar-refractivity contribution in [1.82, 2.24) is 15.2 Å². The average Bonchev–Trinajstić information content (AvgIpc) is 2.38. The molecule has 5 nitrogen and oxygen atoms in total. The summed E-state index contributed by atoms with van der Waals surface area (Å²) in [7, 11) is 0.